The summed E-state index contributed by atoms with van der Waals surface area (Å²) in [6.07, 6.45) is 0. The first-order valence-electron chi connectivity index (χ1n) is 6.90. The molecule has 1 unspecified atom stereocenters. The van der Waals surface area contributed by atoms with Crippen LogP contribution in [0, 0.1) is 0 Å². The zero-order valence-corrected chi connectivity index (χ0v) is 14.3. The van der Waals surface area contributed by atoms with E-state index in [2.05, 4.69) is 15.1 Å². The average Bonchev–Trinajstić information content (AvgIpc) is 3.03. The lowest BCUT2D eigenvalue weighted by atomic mass is 9.96. The fourth-order valence-electron chi connectivity index (χ4n) is 1.83. The second-order valence-electron chi connectivity index (χ2n) is 6.06. The molecule has 0 fully saturated rings. The smallest absolute Gasteiger partial charge is 0.257 e. The molecule has 0 aliphatic rings. The zero-order valence-electron chi connectivity index (χ0n) is 12.8. The van der Waals surface area contributed by atoms with Crippen molar-refractivity contribution in [3.05, 3.63) is 34.9 Å². The van der Waals surface area contributed by atoms with E-state index in [9.17, 15) is 0 Å². The summed E-state index contributed by atoms with van der Waals surface area (Å²) in [5, 5.41) is 5.17. The monoisotopic (exact) mass is 337 g/mol. The van der Waals surface area contributed by atoms with Gasteiger partial charge in [-0.15, -0.1) is 0 Å². The normalized spacial score (nSPS) is 13.7. The molecule has 0 amide bonds. The van der Waals surface area contributed by atoms with Crippen LogP contribution < -0.4 is 0 Å². The Balaban J connectivity index is 1.80. The molecule has 2 aromatic heterocycles. The molecule has 22 heavy (non-hydrogen) atoms. The Hall–Kier alpha value is -1.53. The van der Waals surface area contributed by atoms with E-state index < -0.39 is 0 Å². The summed E-state index contributed by atoms with van der Waals surface area (Å²) < 4.78 is 11.0. The lowest BCUT2D eigenvalue weighted by Gasteiger charge is -2.11. The summed E-state index contributed by atoms with van der Waals surface area (Å²) >= 11 is 7.38. The molecule has 0 aliphatic carbocycles. The molecule has 0 aliphatic heterocycles. The molecular formula is C15H16ClN3O2S. The predicted octanol–water partition coefficient (Wildman–Crippen LogP) is 5.02. The zero-order chi connectivity index (χ0) is 15.9. The van der Waals surface area contributed by atoms with E-state index in [0.717, 1.165) is 5.52 Å². The van der Waals surface area contributed by atoms with Crippen LogP contribution in [0.15, 0.2) is 32.4 Å². The number of benzene rings is 1. The van der Waals surface area contributed by atoms with Gasteiger partial charge >= 0.3 is 0 Å². The summed E-state index contributed by atoms with van der Waals surface area (Å²) in [5.41, 5.74) is 1.31. The van der Waals surface area contributed by atoms with Gasteiger partial charge in [0, 0.05) is 16.5 Å². The van der Waals surface area contributed by atoms with Crippen molar-refractivity contribution < 1.29 is 8.94 Å². The Morgan fingerprint density at radius 2 is 2.00 bits per heavy atom. The van der Waals surface area contributed by atoms with Crippen molar-refractivity contribution in [1.29, 1.82) is 0 Å². The molecule has 3 rings (SSSR count). The van der Waals surface area contributed by atoms with Gasteiger partial charge in [-0.05, 0) is 19.1 Å². The maximum Gasteiger partial charge on any atom is 0.257 e. The highest BCUT2D eigenvalue weighted by molar-refractivity contribution is 7.99. The Morgan fingerprint density at radius 3 is 2.68 bits per heavy atom. The number of hydrogen-bond donors (Lipinski definition) is 0. The van der Waals surface area contributed by atoms with Gasteiger partial charge in [-0.3, -0.25) is 0 Å². The first-order chi connectivity index (χ1) is 10.3. The Morgan fingerprint density at radius 1 is 1.23 bits per heavy atom. The molecule has 5 nitrogen and oxygen atoms in total. The van der Waals surface area contributed by atoms with E-state index in [0.29, 0.717) is 27.5 Å². The lowest BCUT2D eigenvalue weighted by molar-refractivity contribution is 0.363. The highest BCUT2D eigenvalue weighted by atomic mass is 35.5. The predicted molar refractivity (Wildman–Crippen MR) is 86.3 cm³/mol. The highest BCUT2D eigenvalue weighted by Crippen LogP contribution is 2.36. The summed E-state index contributed by atoms with van der Waals surface area (Å²) in [6.45, 7) is 8.12. The standard InChI is InChI=1S/C15H16ClN3O2S/c1-8(12-18-13(19-21-12)15(2,3)4)22-14-17-10-6-5-9(16)7-11(10)20-14/h5-8H,1-4H3. The quantitative estimate of drug-likeness (QED) is 0.625. The summed E-state index contributed by atoms with van der Waals surface area (Å²) in [7, 11) is 0. The van der Waals surface area contributed by atoms with Gasteiger partial charge in [-0.25, -0.2) is 4.98 Å². The maximum atomic E-state index is 5.95. The first-order valence-corrected chi connectivity index (χ1v) is 8.15. The molecule has 0 N–H and O–H groups in total. The number of fused-ring (bicyclic) bond motifs is 1. The number of thioether (sulfide) groups is 1. The Bertz CT molecular complexity index is 807. The van der Waals surface area contributed by atoms with Crippen molar-refractivity contribution in [2.24, 2.45) is 0 Å². The number of halogens is 1. The van der Waals surface area contributed by atoms with Crippen LogP contribution >= 0.6 is 23.4 Å². The van der Waals surface area contributed by atoms with E-state index in [1.165, 1.54) is 11.8 Å². The van der Waals surface area contributed by atoms with Gasteiger partial charge in [0.15, 0.2) is 11.4 Å². The molecule has 0 bridgehead atoms. The third-order valence-electron chi connectivity index (χ3n) is 3.07. The molecule has 7 heteroatoms. The SMILES string of the molecule is CC(Sc1nc2ccc(Cl)cc2o1)c1nc(C(C)(C)C)no1. The Kier molecular flexibility index (Phi) is 3.91. The number of rotatable bonds is 3. The maximum absolute atomic E-state index is 5.95. The fraction of sp³-hybridized carbons (Fsp3) is 0.400. The van der Waals surface area contributed by atoms with E-state index in [1.807, 2.05) is 33.8 Å². The van der Waals surface area contributed by atoms with Gasteiger partial charge in [0.1, 0.15) is 5.52 Å². The third kappa shape index (κ3) is 3.13. The minimum Gasteiger partial charge on any atom is -0.431 e. The summed E-state index contributed by atoms with van der Waals surface area (Å²) in [4.78, 5) is 8.88. The van der Waals surface area contributed by atoms with Gasteiger partial charge in [-0.2, -0.15) is 4.98 Å². The van der Waals surface area contributed by atoms with Crippen molar-refractivity contribution in [2.45, 2.75) is 43.6 Å². The second-order valence-corrected chi connectivity index (χ2v) is 7.79. The van der Waals surface area contributed by atoms with Crippen molar-refractivity contribution >= 4 is 34.5 Å². The molecule has 0 saturated heterocycles. The van der Waals surface area contributed by atoms with Crippen molar-refractivity contribution in [2.75, 3.05) is 0 Å². The molecule has 0 spiro atoms. The fourth-order valence-corrected chi connectivity index (χ4v) is 2.78. The largest absolute Gasteiger partial charge is 0.431 e. The molecule has 2 heterocycles. The van der Waals surface area contributed by atoms with Crippen LogP contribution in [0.5, 0.6) is 0 Å². The minimum atomic E-state index is -0.138. The van der Waals surface area contributed by atoms with Crippen LogP contribution in [-0.2, 0) is 5.41 Å². The van der Waals surface area contributed by atoms with E-state index in [4.69, 9.17) is 20.5 Å². The summed E-state index contributed by atoms with van der Waals surface area (Å²) in [5.74, 6) is 1.26. The molecule has 1 atom stereocenters. The third-order valence-corrected chi connectivity index (χ3v) is 4.24. The molecule has 1 aromatic carbocycles. The van der Waals surface area contributed by atoms with Gasteiger partial charge in [0.25, 0.3) is 5.22 Å². The van der Waals surface area contributed by atoms with Crippen LogP contribution in [0.25, 0.3) is 11.1 Å². The van der Waals surface area contributed by atoms with Crippen LogP contribution in [-0.4, -0.2) is 15.1 Å². The van der Waals surface area contributed by atoms with Crippen molar-refractivity contribution in [3.63, 3.8) is 0 Å². The van der Waals surface area contributed by atoms with Gasteiger partial charge in [0.05, 0.1) is 5.25 Å². The van der Waals surface area contributed by atoms with Gasteiger partial charge in [0.2, 0.25) is 5.89 Å². The molecule has 3 aromatic rings. The Labute approximate surface area is 137 Å². The van der Waals surface area contributed by atoms with Gasteiger partial charge in [-0.1, -0.05) is 49.3 Å². The van der Waals surface area contributed by atoms with Crippen LogP contribution in [0.3, 0.4) is 0 Å². The highest BCUT2D eigenvalue weighted by Gasteiger charge is 2.24. The number of nitrogens with zero attached hydrogens (tertiary/aromatic N) is 3. The van der Waals surface area contributed by atoms with Crippen molar-refractivity contribution in [1.82, 2.24) is 15.1 Å². The topological polar surface area (TPSA) is 65.0 Å². The minimum absolute atomic E-state index is 0.0489. The van der Waals surface area contributed by atoms with E-state index in [1.54, 1.807) is 12.1 Å². The number of aromatic nitrogens is 3. The molecular weight excluding hydrogens is 322 g/mol. The van der Waals surface area contributed by atoms with E-state index >= 15 is 0 Å². The van der Waals surface area contributed by atoms with Crippen LogP contribution in [0.2, 0.25) is 5.02 Å². The summed E-state index contributed by atoms with van der Waals surface area (Å²) in [6, 6.07) is 5.38. The van der Waals surface area contributed by atoms with Crippen molar-refractivity contribution in [3.8, 4) is 0 Å². The first kappa shape index (κ1) is 15.4. The second kappa shape index (κ2) is 5.59. The van der Waals surface area contributed by atoms with Gasteiger partial charge < -0.3 is 8.94 Å². The number of oxazole rings is 1. The number of hydrogen-bond acceptors (Lipinski definition) is 6. The molecule has 0 saturated carbocycles. The van der Waals surface area contributed by atoms with Crippen LogP contribution in [0.1, 0.15) is 44.7 Å². The lowest BCUT2D eigenvalue weighted by Crippen LogP contribution is -2.13. The molecule has 116 valence electrons. The molecule has 0 radical (unpaired) electrons. The van der Waals surface area contributed by atoms with E-state index in [-0.39, 0.29) is 10.7 Å². The average molecular weight is 338 g/mol. The van der Waals surface area contributed by atoms with Crippen LogP contribution in [0.4, 0.5) is 0 Å².